The lowest BCUT2D eigenvalue weighted by atomic mass is 9.99. The molecule has 41 heavy (non-hydrogen) atoms. The zero-order valence-corrected chi connectivity index (χ0v) is 24.0. The molecule has 0 saturated carbocycles. The van der Waals surface area contributed by atoms with Gasteiger partial charge in [-0.1, -0.05) is 30.7 Å². The molecule has 2 atom stereocenters. The third-order valence-electron chi connectivity index (χ3n) is 7.06. The quantitative estimate of drug-likeness (QED) is 0.0950. The molecule has 2 heterocycles. The first-order valence-corrected chi connectivity index (χ1v) is 14.1. The molecular weight excluding hydrogens is 548 g/mol. The topological polar surface area (TPSA) is 127 Å². The average molecular weight is 584 g/mol. The lowest BCUT2D eigenvalue weighted by Crippen LogP contribution is -2.24. The predicted octanol–water partition coefficient (Wildman–Crippen LogP) is 5.42. The van der Waals surface area contributed by atoms with Gasteiger partial charge < -0.3 is 21.8 Å². The van der Waals surface area contributed by atoms with Crippen molar-refractivity contribution in [3.63, 3.8) is 0 Å². The van der Waals surface area contributed by atoms with Crippen LogP contribution in [-0.4, -0.2) is 40.3 Å². The van der Waals surface area contributed by atoms with Crippen LogP contribution in [0.4, 0.5) is 8.78 Å². The van der Waals surface area contributed by atoms with Gasteiger partial charge in [0.1, 0.15) is 5.65 Å². The van der Waals surface area contributed by atoms with Crippen molar-refractivity contribution in [2.24, 2.45) is 22.4 Å². The van der Waals surface area contributed by atoms with Crippen LogP contribution in [0.1, 0.15) is 50.3 Å². The maximum absolute atomic E-state index is 15.1. The lowest BCUT2D eigenvalue weighted by molar-refractivity contribution is 0.360. The first-order valence-electron chi connectivity index (χ1n) is 13.7. The van der Waals surface area contributed by atoms with Crippen LogP contribution in [-0.2, 0) is 6.42 Å². The Kier molecular flexibility index (Phi) is 10.1. The van der Waals surface area contributed by atoms with Crippen molar-refractivity contribution in [1.29, 1.82) is 0 Å². The summed E-state index contributed by atoms with van der Waals surface area (Å²) in [4.78, 5) is 24.1. The molecule has 6 N–H and O–H groups in total. The number of aliphatic imine (C=N–C) groups is 1. The number of benzene rings is 2. The number of guanidine groups is 1. The molecule has 0 saturated heterocycles. The number of nitrogens with two attached hydrogens (primary N) is 2. The van der Waals surface area contributed by atoms with Gasteiger partial charge in [-0.05, 0) is 86.5 Å². The van der Waals surface area contributed by atoms with E-state index < -0.39 is 11.5 Å². The van der Waals surface area contributed by atoms with Gasteiger partial charge in [-0.2, -0.15) is 4.98 Å². The fourth-order valence-corrected chi connectivity index (χ4v) is 4.93. The molecule has 0 radical (unpaired) electrons. The Bertz CT molecular complexity index is 1560. The van der Waals surface area contributed by atoms with Gasteiger partial charge in [0.15, 0.2) is 11.8 Å². The normalized spacial score (nSPS) is 12.9. The highest BCUT2D eigenvalue weighted by Gasteiger charge is 2.16. The minimum atomic E-state index is -0.552. The first kappa shape index (κ1) is 30.2. The molecule has 0 aliphatic heterocycles. The Labute approximate surface area is 242 Å². The molecule has 11 heteroatoms. The van der Waals surface area contributed by atoms with Gasteiger partial charge in [-0.15, -0.1) is 0 Å². The zero-order chi connectivity index (χ0) is 29.5. The maximum Gasteiger partial charge on any atom is 0.354 e. The molecule has 8 nitrogen and oxygen atoms in total. The summed E-state index contributed by atoms with van der Waals surface area (Å²) in [5.41, 5.74) is 13.9. The SMILES string of the molecule is C[C@@H](CF)CCCc1cc(Cl)c(F)c(-c2cc3cn(-c4ccc([C@H](C)NCCCN=C(N)N)cc4)c(=O)nc3[nH]2)c1. The number of halogens is 3. The average Bonchev–Trinajstić information content (AvgIpc) is 3.36. The van der Waals surface area contributed by atoms with Gasteiger partial charge in [-0.25, -0.2) is 9.18 Å². The van der Waals surface area contributed by atoms with Crippen LogP contribution in [0, 0.1) is 11.7 Å². The molecule has 218 valence electrons. The van der Waals surface area contributed by atoms with E-state index in [1.807, 2.05) is 31.2 Å². The molecule has 0 amide bonds. The molecule has 2 aromatic carbocycles. The van der Waals surface area contributed by atoms with E-state index in [-0.39, 0.29) is 29.6 Å². The van der Waals surface area contributed by atoms with Crippen LogP contribution in [0.3, 0.4) is 0 Å². The van der Waals surface area contributed by atoms with Crippen molar-refractivity contribution in [3.05, 3.63) is 81.1 Å². The number of H-pyrrole nitrogens is 1. The summed E-state index contributed by atoms with van der Waals surface area (Å²) in [6, 6.07) is 12.8. The number of aromatic amines is 1. The molecular formula is C30H36ClF2N7O. The Morgan fingerprint density at radius 2 is 1.93 bits per heavy atom. The molecule has 0 aliphatic rings. The number of aromatic nitrogens is 3. The van der Waals surface area contributed by atoms with Crippen LogP contribution in [0.5, 0.6) is 0 Å². The van der Waals surface area contributed by atoms with E-state index in [0.29, 0.717) is 40.9 Å². The molecule has 4 aromatic rings. The van der Waals surface area contributed by atoms with E-state index in [1.165, 1.54) is 4.57 Å². The van der Waals surface area contributed by atoms with Crippen molar-refractivity contribution in [1.82, 2.24) is 19.9 Å². The van der Waals surface area contributed by atoms with Crippen molar-refractivity contribution in [2.45, 2.75) is 45.6 Å². The van der Waals surface area contributed by atoms with Gasteiger partial charge in [0, 0.05) is 29.7 Å². The van der Waals surface area contributed by atoms with Crippen molar-refractivity contribution < 1.29 is 8.78 Å². The van der Waals surface area contributed by atoms with E-state index in [4.69, 9.17) is 23.1 Å². The summed E-state index contributed by atoms with van der Waals surface area (Å²) in [6.45, 7) is 4.88. The number of fused-ring (bicyclic) bond motifs is 1. The molecule has 2 aromatic heterocycles. The minimum Gasteiger partial charge on any atom is -0.370 e. The molecule has 0 aliphatic carbocycles. The molecule has 4 rings (SSSR count). The van der Waals surface area contributed by atoms with Crippen LogP contribution in [0.25, 0.3) is 28.0 Å². The summed E-state index contributed by atoms with van der Waals surface area (Å²) >= 11 is 6.22. The predicted molar refractivity (Wildman–Crippen MR) is 162 cm³/mol. The smallest absolute Gasteiger partial charge is 0.354 e. The van der Waals surface area contributed by atoms with E-state index in [0.717, 1.165) is 36.9 Å². The number of hydrogen-bond donors (Lipinski definition) is 4. The third kappa shape index (κ3) is 7.71. The Balaban J connectivity index is 1.52. The van der Waals surface area contributed by atoms with Gasteiger partial charge >= 0.3 is 5.69 Å². The standard InChI is InChI=1S/C30H36ClF2N7O/c1-18(16-32)5-3-6-20-13-24(27(33)25(31)14-20)26-15-22-17-40(30(41)39-28(22)38-26)23-9-7-21(8-10-23)19(2)36-11-4-12-37-29(34)35/h7-10,13-15,17-19,36H,3-6,11-12,16H2,1-2H3,(H4,34,35,37)(H,38,39,41)/t18-,19+/m1/s1. The second kappa shape index (κ2) is 13.7. The van der Waals surface area contributed by atoms with E-state index in [9.17, 15) is 9.18 Å². The van der Waals surface area contributed by atoms with Crippen molar-refractivity contribution in [3.8, 4) is 16.9 Å². The number of alkyl halides is 1. The lowest BCUT2D eigenvalue weighted by Gasteiger charge is -2.15. The van der Waals surface area contributed by atoms with Crippen LogP contribution >= 0.6 is 11.6 Å². The summed E-state index contributed by atoms with van der Waals surface area (Å²) in [7, 11) is 0. The molecule has 0 bridgehead atoms. The van der Waals surface area contributed by atoms with Gasteiger partial charge in [0.25, 0.3) is 0 Å². The monoisotopic (exact) mass is 583 g/mol. The highest BCUT2D eigenvalue weighted by atomic mass is 35.5. The number of aryl methyl sites for hydroxylation is 1. The highest BCUT2D eigenvalue weighted by molar-refractivity contribution is 6.31. The van der Waals surface area contributed by atoms with Crippen molar-refractivity contribution in [2.75, 3.05) is 19.8 Å². The molecule has 0 spiro atoms. The second-order valence-electron chi connectivity index (χ2n) is 10.4. The Hall–Kier alpha value is -3.76. The summed E-state index contributed by atoms with van der Waals surface area (Å²) in [5, 5.41) is 4.09. The van der Waals surface area contributed by atoms with E-state index in [1.54, 1.807) is 24.4 Å². The third-order valence-corrected chi connectivity index (χ3v) is 7.34. The van der Waals surface area contributed by atoms with E-state index in [2.05, 4.69) is 27.2 Å². The Morgan fingerprint density at radius 3 is 2.63 bits per heavy atom. The van der Waals surface area contributed by atoms with Gasteiger partial charge in [0.2, 0.25) is 0 Å². The fraction of sp³-hybridized carbons (Fsp3) is 0.367. The zero-order valence-electron chi connectivity index (χ0n) is 23.3. The molecule has 0 unspecified atom stereocenters. The summed E-state index contributed by atoms with van der Waals surface area (Å²) < 4.78 is 29.3. The number of nitrogens with zero attached hydrogens (tertiary/aromatic N) is 3. The number of hydrogen-bond acceptors (Lipinski definition) is 4. The van der Waals surface area contributed by atoms with E-state index >= 15 is 4.39 Å². The highest BCUT2D eigenvalue weighted by Crippen LogP contribution is 2.31. The number of rotatable bonds is 13. The van der Waals surface area contributed by atoms with Crippen LogP contribution in [0.2, 0.25) is 5.02 Å². The maximum atomic E-state index is 15.1. The van der Waals surface area contributed by atoms with Crippen LogP contribution in [0.15, 0.2) is 58.4 Å². The fourth-order valence-electron chi connectivity index (χ4n) is 4.69. The largest absolute Gasteiger partial charge is 0.370 e. The summed E-state index contributed by atoms with van der Waals surface area (Å²) in [6.07, 6.45) is 4.66. The number of nitrogens with one attached hydrogen (secondary N) is 2. The summed E-state index contributed by atoms with van der Waals surface area (Å²) in [5.74, 6) is -0.475. The minimum absolute atomic E-state index is 0.0118. The molecule has 0 fully saturated rings. The Morgan fingerprint density at radius 1 is 1.17 bits per heavy atom. The van der Waals surface area contributed by atoms with Crippen molar-refractivity contribution >= 4 is 28.6 Å². The van der Waals surface area contributed by atoms with Gasteiger partial charge in [-0.3, -0.25) is 13.9 Å². The first-order chi connectivity index (χ1) is 19.7. The second-order valence-corrected chi connectivity index (χ2v) is 10.8. The van der Waals surface area contributed by atoms with Gasteiger partial charge in [0.05, 0.1) is 23.1 Å². The van der Waals surface area contributed by atoms with Crippen LogP contribution < -0.4 is 22.5 Å².